The Morgan fingerprint density at radius 1 is 0.761 bits per heavy atom. The number of amides is 3. The van der Waals surface area contributed by atoms with Crippen LogP contribution in [-0.2, 0) is 9.59 Å². The van der Waals surface area contributed by atoms with E-state index < -0.39 is 11.8 Å². The van der Waals surface area contributed by atoms with E-state index in [1.807, 2.05) is 13.0 Å². The summed E-state index contributed by atoms with van der Waals surface area (Å²) in [5.41, 5.74) is 2.03. The van der Waals surface area contributed by atoms with Gasteiger partial charge in [0.1, 0.15) is 11.4 Å². The second-order valence-corrected chi connectivity index (χ2v) is 10.7. The first-order chi connectivity index (χ1) is 22.3. The van der Waals surface area contributed by atoms with Gasteiger partial charge in [0.25, 0.3) is 11.8 Å². The highest BCUT2D eigenvalue weighted by atomic mass is 32.2. The molecule has 4 aromatic carbocycles. The van der Waals surface area contributed by atoms with Crippen LogP contribution in [0.2, 0.25) is 0 Å². The van der Waals surface area contributed by atoms with Crippen LogP contribution in [-0.4, -0.2) is 51.4 Å². The second kappa shape index (κ2) is 16.6. The molecule has 0 spiro atoms. The molecule has 0 atom stereocenters. The van der Waals surface area contributed by atoms with E-state index in [-0.39, 0.29) is 17.4 Å². The molecular weight excluding hydrogens is 606 g/mol. The lowest BCUT2D eigenvalue weighted by atomic mass is 10.1. The highest BCUT2D eigenvalue weighted by molar-refractivity contribution is 8.00. The van der Waals surface area contributed by atoms with Crippen LogP contribution in [0.5, 0.6) is 23.0 Å². The summed E-state index contributed by atoms with van der Waals surface area (Å²) in [7, 11) is 4.48. The van der Waals surface area contributed by atoms with Crippen molar-refractivity contribution in [3.8, 4) is 23.0 Å². The smallest absolute Gasteiger partial charge is 0.272 e. The van der Waals surface area contributed by atoms with E-state index in [1.165, 1.54) is 39.2 Å². The van der Waals surface area contributed by atoms with Gasteiger partial charge in [-0.15, -0.1) is 11.8 Å². The van der Waals surface area contributed by atoms with Crippen LogP contribution in [0.1, 0.15) is 22.8 Å². The van der Waals surface area contributed by atoms with Crippen LogP contribution in [0.3, 0.4) is 0 Å². The topological polar surface area (TPSA) is 124 Å². The summed E-state index contributed by atoms with van der Waals surface area (Å²) < 4.78 is 21.7. The third-order valence-electron chi connectivity index (χ3n) is 6.44. The molecule has 4 rings (SSSR count). The van der Waals surface area contributed by atoms with Crippen molar-refractivity contribution < 1.29 is 33.3 Å². The van der Waals surface area contributed by atoms with Gasteiger partial charge < -0.3 is 34.9 Å². The summed E-state index contributed by atoms with van der Waals surface area (Å²) in [5, 5.41) is 8.44. The first-order valence-corrected chi connectivity index (χ1v) is 15.3. The van der Waals surface area contributed by atoms with E-state index in [2.05, 4.69) is 16.0 Å². The van der Waals surface area contributed by atoms with Gasteiger partial charge in [-0.25, -0.2) is 0 Å². The normalized spacial score (nSPS) is 10.8. The number of nitrogens with one attached hydrogen (secondary N) is 3. The van der Waals surface area contributed by atoms with Crippen LogP contribution < -0.4 is 34.9 Å². The predicted molar refractivity (Wildman–Crippen MR) is 180 cm³/mol. The molecule has 11 heteroatoms. The molecule has 0 unspecified atom stereocenters. The first kappa shape index (κ1) is 33.5. The summed E-state index contributed by atoms with van der Waals surface area (Å²) >= 11 is 1.32. The van der Waals surface area contributed by atoms with Crippen molar-refractivity contribution in [1.82, 2.24) is 5.32 Å². The molecule has 3 N–H and O–H groups in total. The molecular formula is C35H35N3O7S. The van der Waals surface area contributed by atoms with Crippen LogP contribution in [0.4, 0.5) is 11.4 Å². The molecule has 3 amide bonds. The molecule has 238 valence electrons. The van der Waals surface area contributed by atoms with Gasteiger partial charge in [-0.2, -0.15) is 0 Å². The third-order valence-corrected chi connectivity index (χ3v) is 7.43. The molecule has 0 fully saturated rings. The Kier molecular flexibility index (Phi) is 12.1. The molecule has 0 aromatic heterocycles. The van der Waals surface area contributed by atoms with E-state index >= 15 is 0 Å². The molecule has 0 heterocycles. The first-order valence-electron chi connectivity index (χ1n) is 14.3. The molecule has 4 aromatic rings. The number of methoxy groups -OCH3 is 3. The number of hydrogen-bond acceptors (Lipinski definition) is 8. The molecule has 0 radical (unpaired) electrons. The SMILES string of the molecule is CCOc1ccc(NC(=O)CSc2cccc(NC(=O)/C(=C\c3cc(OC)c(OC)c(OC)c3)NC(=O)c3ccccc3)c2)cc1. The van der Waals surface area contributed by atoms with Crippen molar-refractivity contribution in [1.29, 1.82) is 0 Å². The van der Waals surface area contributed by atoms with Gasteiger partial charge >= 0.3 is 0 Å². The van der Waals surface area contributed by atoms with Crippen molar-refractivity contribution in [2.24, 2.45) is 0 Å². The number of benzene rings is 4. The van der Waals surface area contributed by atoms with Crippen molar-refractivity contribution in [2.75, 3.05) is 44.3 Å². The maximum Gasteiger partial charge on any atom is 0.272 e. The number of rotatable bonds is 14. The predicted octanol–water partition coefficient (Wildman–Crippen LogP) is 6.25. The lowest BCUT2D eigenvalue weighted by molar-refractivity contribution is -0.114. The minimum absolute atomic E-state index is 0.0177. The number of anilines is 2. The van der Waals surface area contributed by atoms with E-state index in [9.17, 15) is 14.4 Å². The fourth-order valence-electron chi connectivity index (χ4n) is 4.30. The summed E-state index contributed by atoms with van der Waals surface area (Å²) in [6.45, 7) is 2.47. The zero-order chi connectivity index (χ0) is 32.9. The van der Waals surface area contributed by atoms with Gasteiger partial charge in [-0.3, -0.25) is 14.4 Å². The standard InChI is InChI=1S/C35H35N3O7S/c1-5-45-27-16-14-25(15-17-27)36-32(39)22-46-28-13-9-12-26(21-28)37-35(41)29(38-34(40)24-10-7-6-8-11-24)18-23-19-30(42-2)33(44-4)31(20-23)43-3/h6-21H,5,22H2,1-4H3,(H,36,39)(H,37,41)(H,38,40)/b29-18+. The quantitative estimate of drug-likeness (QED) is 0.109. The lowest BCUT2D eigenvalue weighted by Crippen LogP contribution is -2.30. The molecule has 10 nitrogen and oxygen atoms in total. The lowest BCUT2D eigenvalue weighted by Gasteiger charge is -2.15. The summed E-state index contributed by atoms with van der Waals surface area (Å²) in [4.78, 5) is 40.0. The van der Waals surface area contributed by atoms with Crippen molar-refractivity contribution in [2.45, 2.75) is 11.8 Å². The molecule has 0 bridgehead atoms. The van der Waals surface area contributed by atoms with E-state index in [4.69, 9.17) is 18.9 Å². The Morgan fingerprint density at radius 3 is 2.09 bits per heavy atom. The Hall–Kier alpha value is -5.42. The Bertz CT molecular complexity index is 1670. The number of carbonyl (C=O) groups excluding carboxylic acids is 3. The zero-order valence-corrected chi connectivity index (χ0v) is 26.7. The summed E-state index contributed by atoms with van der Waals surface area (Å²) in [6, 6.07) is 26.1. The van der Waals surface area contributed by atoms with Crippen molar-refractivity contribution in [3.05, 3.63) is 108 Å². The van der Waals surface area contributed by atoms with Gasteiger partial charge in [-0.05, 0) is 85.3 Å². The minimum Gasteiger partial charge on any atom is -0.494 e. The number of hydrogen-bond donors (Lipinski definition) is 3. The van der Waals surface area contributed by atoms with Gasteiger partial charge in [0.2, 0.25) is 11.7 Å². The molecule has 46 heavy (non-hydrogen) atoms. The molecule has 0 saturated carbocycles. The monoisotopic (exact) mass is 641 g/mol. The highest BCUT2D eigenvalue weighted by Gasteiger charge is 2.18. The molecule has 0 aliphatic carbocycles. The fraction of sp³-hybridized carbons (Fsp3) is 0.171. The summed E-state index contributed by atoms with van der Waals surface area (Å²) in [6.07, 6.45) is 1.52. The van der Waals surface area contributed by atoms with Crippen molar-refractivity contribution >= 4 is 46.9 Å². The number of ether oxygens (including phenoxy) is 4. The maximum absolute atomic E-state index is 13.6. The van der Waals surface area contributed by atoms with Gasteiger partial charge in [0.15, 0.2) is 11.5 Å². The van der Waals surface area contributed by atoms with Crippen LogP contribution >= 0.6 is 11.8 Å². The third kappa shape index (κ3) is 9.29. The zero-order valence-electron chi connectivity index (χ0n) is 25.9. The van der Waals surface area contributed by atoms with Crippen LogP contribution in [0, 0.1) is 0 Å². The van der Waals surface area contributed by atoms with Crippen LogP contribution in [0.15, 0.2) is 102 Å². The Balaban J connectivity index is 1.50. The van der Waals surface area contributed by atoms with Crippen LogP contribution in [0.25, 0.3) is 6.08 Å². The minimum atomic E-state index is -0.562. The van der Waals surface area contributed by atoms with Gasteiger partial charge in [0.05, 0.1) is 33.7 Å². The maximum atomic E-state index is 13.6. The second-order valence-electron chi connectivity index (χ2n) is 9.61. The summed E-state index contributed by atoms with van der Waals surface area (Å²) in [5.74, 6) is 0.855. The Labute approximate surface area is 272 Å². The van der Waals surface area contributed by atoms with E-state index in [0.717, 1.165) is 10.6 Å². The largest absolute Gasteiger partial charge is 0.494 e. The fourth-order valence-corrected chi connectivity index (χ4v) is 5.06. The Morgan fingerprint density at radius 2 is 1.46 bits per heavy atom. The van der Waals surface area contributed by atoms with Gasteiger partial charge in [-0.1, -0.05) is 24.3 Å². The number of thioether (sulfide) groups is 1. The number of carbonyl (C=O) groups is 3. The molecule has 0 aliphatic rings. The average molecular weight is 642 g/mol. The van der Waals surface area contributed by atoms with E-state index in [1.54, 1.807) is 84.9 Å². The van der Waals surface area contributed by atoms with Crippen molar-refractivity contribution in [3.63, 3.8) is 0 Å². The molecule has 0 aliphatic heterocycles. The highest BCUT2D eigenvalue weighted by Crippen LogP contribution is 2.38. The van der Waals surface area contributed by atoms with Gasteiger partial charge in [0, 0.05) is 21.8 Å². The molecule has 0 saturated heterocycles. The van der Waals surface area contributed by atoms with E-state index in [0.29, 0.717) is 46.4 Å². The average Bonchev–Trinajstić information content (AvgIpc) is 3.08.